The maximum Gasteiger partial charge on any atom is 0.317 e. The van der Waals surface area contributed by atoms with Gasteiger partial charge in [-0.1, -0.05) is 0 Å². The van der Waals surface area contributed by atoms with E-state index < -0.39 is 51.8 Å². The third kappa shape index (κ3) is 5.04. The number of hydrogen-bond acceptors (Lipinski definition) is 5. The summed E-state index contributed by atoms with van der Waals surface area (Å²) < 4.78 is 81.0. The zero-order valence-corrected chi connectivity index (χ0v) is 18.5. The number of ether oxygens (including phenoxy) is 2. The van der Waals surface area contributed by atoms with Crippen LogP contribution in [-0.4, -0.2) is 63.2 Å². The van der Waals surface area contributed by atoms with E-state index in [1.807, 2.05) is 0 Å². The van der Waals surface area contributed by atoms with Crippen molar-refractivity contribution in [2.24, 2.45) is 0 Å². The van der Waals surface area contributed by atoms with Crippen molar-refractivity contribution in [2.75, 3.05) is 19.4 Å². The van der Waals surface area contributed by atoms with Crippen LogP contribution in [0.15, 0.2) is 12.1 Å². The number of halogens is 3. The molecule has 3 atom stereocenters. The highest BCUT2D eigenvalue weighted by Gasteiger charge is 2.41. The Morgan fingerprint density at radius 1 is 1.12 bits per heavy atom. The van der Waals surface area contributed by atoms with Crippen molar-refractivity contribution in [2.45, 2.75) is 69.0 Å². The van der Waals surface area contributed by atoms with Gasteiger partial charge in [0.25, 0.3) is 5.91 Å². The molecule has 1 aliphatic carbocycles. The lowest BCUT2D eigenvalue weighted by atomic mass is 9.82. The van der Waals surface area contributed by atoms with Crippen molar-refractivity contribution in [3.05, 3.63) is 29.3 Å². The predicted octanol–water partition coefficient (Wildman–Crippen LogP) is 2.60. The minimum atomic E-state index is -3.58. The molecule has 1 aromatic rings. The molecular weight excluding hydrogens is 449 g/mol. The van der Waals surface area contributed by atoms with Gasteiger partial charge in [-0.05, 0) is 50.5 Å². The molecule has 4 aliphatic rings. The zero-order valence-electron chi connectivity index (χ0n) is 17.7. The number of hydrogen-bond donors (Lipinski definition) is 1. The Bertz CT molecular complexity index is 968. The first kappa shape index (κ1) is 23.3. The third-order valence-corrected chi connectivity index (χ3v) is 7.23. The van der Waals surface area contributed by atoms with Gasteiger partial charge in [-0.25, -0.2) is 21.9 Å². The number of carbonyl (C=O) groups is 1. The van der Waals surface area contributed by atoms with E-state index >= 15 is 4.39 Å². The molecule has 0 aromatic heterocycles. The molecule has 2 bridgehead atoms. The van der Waals surface area contributed by atoms with Gasteiger partial charge < -0.3 is 14.4 Å². The monoisotopic (exact) mass is 476 g/mol. The average molecular weight is 477 g/mol. The normalized spacial score (nSPS) is 31.6. The Hall–Kier alpha value is -1.85. The summed E-state index contributed by atoms with van der Waals surface area (Å²) in [6.45, 7) is 0.224. The molecule has 1 unspecified atom stereocenters. The summed E-state index contributed by atoms with van der Waals surface area (Å²) in [7, 11) is -3.58. The van der Waals surface area contributed by atoms with E-state index in [-0.39, 0.29) is 30.7 Å². The summed E-state index contributed by atoms with van der Waals surface area (Å²) in [4.78, 5) is 14.2. The van der Waals surface area contributed by atoms with Crippen LogP contribution < -0.4 is 9.46 Å². The highest BCUT2D eigenvalue weighted by molar-refractivity contribution is 7.88. The van der Waals surface area contributed by atoms with E-state index in [4.69, 9.17) is 9.47 Å². The van der Waals surface area contributed by atoms with Crippen LogP contribution in [0.1, 0.15) is 50.0 Å². The fourth-order valence-electron chi connectivity index (χ4n) is 5.02. The minimum Gasteiger partial charge on any atom is -0.448 e. The van der Waals surface area contributed by atoms with Gasteiger partial charge in [0.05, 0.1) is 25.0 Å². The molecule has 1 aromatic carbocycles. The van der Waals surface area contributed by atoms with Gasteiger partial charge >= 0.3 is 6.36 Å². The Morgan fingerprint density at radius 3 is 2.53 bits per heavy atom. The van der Waals surface area contributed by atoms with Crippen LogP contribution in [0.4, 0.5) is 13.2 Å². The Morgan fingerprint density at radius 2 is 1.84 bits per heavy atom. The highest BCUT2D eigenvalue weighted by atomic mass is 32.2. The van der Waals surface area contributed by atoms with Crippen LogP contribution in [0, 0.1) is 11.6 Å². The molecule has 3 aliphatic heterocycles. The van der Waals surface area contributed by atoms with Crippen LogP contribution >= 0.6 is 0 Å². The lowest BCUT2D eigenvalue weighted by molar-refractivity contribution is -0.154. The second kappa shape index (κ2) is 9.18. The molecule has 0 radical (unpaired) electrons. The number of benzene rings is 1. The number of nitrogens with one attached hydrogen (secondary N) is 1. The van der Waals surface area contributed by atoms with E-state index in [1.54, 1.807) is 0 Å². The van der Waals surface area contributed by atoms with Gasteiger partial charge in [0.1, 0.15) is 5.82 Å². The molecule has 5 rings (SSSR count). The van der Waals surface area contributed by atoms with Crippen LogP contribution in [0.3, 0.4) is 0 Å². The molecule has 1 N–H and O–H groups in total. The highest BCUT2D eigenvalue weighted by Crippen LogP contribution is 2.41. The van der Waals surface area contributed by atoms with E-state index in [9.17, 15) is 22.0 Å². The van der Waals surface area contributed by atoms with Gasteiger partial charge in [0, 0.05) is 24.2 Å². The number of nitrogens with zero attached hydrogens (tertiary/aromatic N) is 1. The fraction of sp³-hybridized carbons (Fsp3) is 0.667. The van der Waals surface area contributed by atoms with E-state index in [1.165, 1.54) is 4.90 Å². The average Bonchev–Trinajstić information content (AvgIpc) is 2.73. The third-order valence-electron chi connectivity index (χ3n) is 6.50. The van der Waals surface area contributed by atoms with Crippen molar-refractivity contribution in [1.29, 1.82) is 0 Å². The smallest absolute Gasteiger partial charge is 0.317 e. The molecule has 1 amide bonds. The van der Waals surface area contributed by atoms with Gasteiger partial charge in [-0.2, -0.15) is 4.39 Å². The summed E-state index contributed by atoms with van der Waals surface area (Å²) in [5.74, 6) is -3.59. The van der Waals surface area contributed by atoms with Crippen LogP contribution in [0.2, 0.25) is 0 Å². The topological polar surface area (TPSA) is 84.9 Å². The molecule has 11 heteroatoms. The number of sulfonamides is 1. The van der Waals surface area contributed by atoms with Crippen molar-refractivity contribution in [3.8, 4) is 5.75 Å². The first-order valence-corrected chi connectivity index (χ1v) is 12.7. The largest absolute Gasteiger partial charge is 0.448 e. The molecule has 178 valence electrons. The molecule has 32 heavy (non-hydrogen) atoms. The molecule has 2 fully saturated rings. The summed E-state index contributed by atoms with van der Waals surface area (Å²) in [6.07, 6.45) is 1.63. The van der Waals surface area contributed by atoms with E-state index in [0.29, 0.717) is 44.6 Å². The fourth-order valence-corrected chi connectivity index (χ4v) is 5.84. The number of rotatable bonds is 2. The zero-order chi connectivity index (χ0) is 23.0. The minimum absolute atomic E-state index is 0.0386. The predicted molar refractivity (Wildman–Crippen MR) is 109 cm³/mol. The number of alkyl halides is 1. The van der Waals surface area contributed by atoms with Crippen LogP contribution in [-0.2, 0) is 19.6 Å². The van der Waals surface area contributed by atoms with Gasteiger partial charge in [0.15, 0.2) is 11.6 Å². The maximum atomic E-state index is 15.0. The number of carbonyl (C=O) groups excluding carboxylic acids is 1. The first-order chi connectivity index (χ1) is 15.1. The molecular formula is C21H27F3N2O5S. The van der Waals surface area contributed by atoms with E-state index in [2.05, 4.69) is 4.72 Å². The Labute approximate surface area is 185 Å². The Kier molecular flexibility index (Phi) is 6.69. The molecule has 0 spiro atoms. The van der Waals surface area contributed by atoms with Gasteiger partial charge in [-0.15, -0.1) is 0 Å². The van der Waals surface area contributed by atoms with Gasteiger partial charge in [0.2, 0.25) is 10.0 Å². The maximum absolute atomic E-state index is 15.0. The number of amides is 1. The second-order valence-corrected chi connectivity index (χ2v) is 10.6. The number of fused-ring (bicyclic) bond motifs is 5. The van der Waals surface area contributed by atoms with Crippen molar-refractivity contribution < 1.29 is 35.9 Å². The summed E-state index contributed by atoms with van der Waals surface area (Å²) >= 11 is 0. The summed E-state index contributed by atoms with van der Waals surface area (Å²) in [5.41, 5.74) is 0.211. The molecule has 1 saturated carbocycles. The van der Waals surface area contributed by atoms with Crippen molar-refractivity contribution in [1.82, 2.24) is 9.62 Å². The Balaban J connectivity index is 1.70. The van der Waals surface area contributed by atoms with Crippen molar-refractivity contribution in [3.63, 3.8) is 0 Å². The summed E-state index contributed by atoms with van der Waals surface area (Å²) in [6, 6.07) is 0.369. The van der Waals surface area contributed by atoms with Crippen molar-refractivity contribution >= 4 is 15.9 Å². The number of piperidine rings is 1. The van der Waals surface area contributed by atoms with E-state index in [0.717, 1.165) is 12.3 Å². The van der Waals surface area contributed by atoms with Gasteiger partial charge in [-0.3, -0.25) is 4.79 Å². The quantitative estimate of drug-likeness (QED) is 0.710. The first-order valence-electron chi connectivity index (χ1n) is 10.8. The molecule has 7 nitrogen and oxygen atoms in total. The SMILES string of the molecule is CS(=O)(=O)N[C@H]1CCCN2C(=O)C(F)Oc3c(F)cc(F)cc3[C@H]3CC[C@H](CC3)OC[C@@H]12. The van der Waals surface area contributed by atoms with Crippen LogP contribution in [0.5, 0.6) is 5.75 Å². The second-order valence-electron chi connectivity index (χ2n) is 8.78. The molecule has 3 heterocycles. The summed E-state index contributed by atoms with van der Waals surface area (Å²) in [5, 5.41) is 0. The molecule has 1 saturated heterocycles. The lowest BCUT2D eigenvalue weighted by Crippen LogP contribution is -2.60. The van der Waals surface area contributed by atoms with Crippen LogP contribution in [0.25, 0.3) is 0 Å². The lowest BCUT2D eigenvalue weighted by Gasteiger charge is -2.42. The standard InChI is InChI=1S/C21H27F3N2O5S/c1-32(28,29)25-17-3-2-8-26-18(17)11-30-14-6-4-12(5-7-14)15-9-13(22)10-16(23)19(15)31-20(24)21(26)27/h9-10,12,14,17-18,20,25H,2-8,11H2,1H3/t12-,14+,17-,18-,20?/m0/s1.